The standard InChI is InChI=1S/C72H76F2O14S2/c1-3-63(75)83-43-15-11-7-5-9-13-41-81-55-33-21-49(22-34-55)69(77)85-57-37-25-51(26-38-57)71(79)87-65-59-45-61(47-17-29-53(73)30-18-47)90-68(59)66(60-46-62(89-67(60)65)48-19-31-54(74)32-20-48)88-72(80)52-27-39-58(40-28-52)86-70(78)50-23-35-56(36-24-50)82-42-14-10-6-8-12-16-44-84-64(76)4-2/h3-4,17-24,29-36,45-46,51-52,57-58H,1-2,5-16,25-28,37-44H2. The minimum Gasteiger partial charge on any atom is -0.494 e. The third-order valence-electron chi connectivity index (χ3n) is 16.2. The summed E-state index contributed by atoms with van der Waals surface area (Å²) >= 11 is 2.64. The molecule has 0 spiro atoms. The summed E-state index contributed by atoms with van der Waals surface area (Å²) in [4.78, 5) is 79.3. The van der Waals surface area contributed by atoms with Gasteiger partial charge in [0.1, 0.15) is 35.3 Å². The number of esters is 6. The lowest BCUT2D eigenvalue weighted by Crippen LogP contribution is -2.30. The second kappa shape index (κ2) is 33.6. The van der Waals surface area contributed by atoms with Gasteiger partial charge in [-0.15, -0.1) is 22.7 Å². The number of hydrogen-bond acceptors (Lipinski definition) is 16. The van der Waals surface area contributed by atoms with E-state index in [-0.39, 0.29) is 11.5 Å². The van der Waals surface area contributed by atoms with Gasteiger partial charge in [-0.05, 0) is 173 Å². The summed E-state index contributed by atoms with van der Waals surface area (Å²) in [5.74, 6) is -2.65. The van der Waals surface area contributed by atoms with Crippen molar-refractivity contribution in [2.45, 2.75) is 141 Å². The summed E-state index contributed by atoms with van der Waals surface area (Å²) in [7, 11) is 0. The second-order valence-electron chi connectivity index (χ2n) is 22.7. The van der Waals surface area contributed by atoms with E-state index in [9.17, 15) is 37.5 Å². The molecule has 2 fully saturated rings. The summed E-state index contributed by atoms with van der Waals surface area (Å²) in [6, 6.07) is 29.6. The number of ether oxygens (including phenoxy) is 8. The van der Waals surface area contributed by atoms with Crippen molar-refractivity contribution in [2.24, 2.45) is 11.8 Å². The Morgan fingerprint density at radius 1 is 0.433 bits per heavy atom. The van der Waals surface area contributed by atoms with Crippen molar-refractivity contribution in [1.29, 1.82) is 0 Å². The predicted octanol–water partition coefficient (Wildman–Crippen LogP) is 17.3. The van der Waals surface area contributed by atoms with Crippen molar-refractivity contribution in [3.05, 3.63) is 157 Å². The maximum atomic E-state index is 14.5. The van der Waals surface area contributed by atoms with Crippen LogP contribution in [0.3, 0.4) is 0 Å². The lowest BCUT2D eigenvalue weighted by molar-refractivity contribution is -0.141. The molecule has 474 valence electrons. The Kier molecular flexibility index (Phi) is 24.7. The first-order chi connectivity index (χ1) is 43.8. The largest absolute Gasteiger partial charge is 0.494 e. The van der Waals surface area contributed by atoms with Gasteiger partial charge in [0.2, 0.25) is 0 Å². The van der Waals surface area contributed by atoms with Crippen LogP contribution in [0.5, 0.6) is 23.0 Å². The lowest BCUT2D eigenvalue weighted by Gasteiger charge is -2.27. The monoisotopic (exact) mass is 1270 g/mol. The van der Waals surface area contributed by atoms with Crippen LogP contribution in [0.25, 0.3) is 41.1 Å². The summed E-state index contributed by atoms with van der Waals surface area (Å²) in [5.41, 5.74) is 2.19. The van der Waals surface area contributed by atoms with Crippen LogP contribution in [0.4, 0.5) is 8.78 Å². The fourth-order valence-corrected chi connectivity index (χ4v) is 13.4. The van der Waals surface area contributed by atoms with E-state index in [0.29, 0.717) is 141 Å². The highest BCUT2D eigenvalue weighted by Crippen LogP contribution is 2.53. The molecule has 2 aliphatic carbocycles. The quantitative estimate of drug-likeness (QED) is 0.0128. The molecule has 0 N–H and O–H groups in total. The zero-order chi connectivity index (χ0) is 63.2. The number of benzene rings is 5. The molecule has 90 heavy (non-hydrogen) atoms. The van der Waals surface area contributed by atoms with Gasteiger partial charge >= 0.3 is 35.8 Å². The Bertz CT molecular complexity index is 3270. The van der Waals surface area contributed by atoms with Gasteiger partial charge in [-0.25, -0.2) is 28.0 Å². The van der Waals surface area contributed by atoms with Crippen molar-refractivity contribution >= 4 is 78.7 Å². The van der Waals surface area contributed by atoms with Crippen LogP contribution in [-0.2, 0) is 38.1 Å². The zero-order valence-electron chi connectivity index (χ0n) is 50.5. The molecule has 2 saturated carbocycles. The molecule has 0 bridgehead atoms. The van der Waals surface area contributed by atoms with Crippen LogP contribution in [0.2, 0.25) is 0 Å². The van der Waals surface area contributed by atoms with Gasteiger partial charge in [0.25, 0.3) is 0 Å². The van der Waals surface area contributed by atoms with Gasteiger partial charge in [-0.1, -0.05) is 88.8 Å². The molecule has 0 aliphatic heterocycles. The van der Waals surface area contributed by atoms with E-state index in [1.807, 2.05) is 12.1 Å². The fourth-order valence-electron chi connectivity index (χ4n) is 11.1. The number of halogens is 2. The number of carbonyl (C=O) groups excluding carboxylic acids is 6. The zero-order valence-corrected chi connectivity index (χ0v) is 52.2. The van der Waals surface area contributed by atoms with Crippen molar-refractivity contribution in [1.82, 2.24) is 0 Å². The van der Waals surface area contributed by atoms with Crippen molar-refractivity contribution in [2.75, 3.05) is 26.4 Å². The fraction of sp³-hybridized carbons (Fsp3) is 0.389. The van der Waals surface area contributed by atoms with E-state index in [0.717, 1.165) is 77.0 Å². The summed E-state index contributed by atoms with van der Waals surface area (Å²) in [6.45, 7) is 8.69. The number of rotatable bonds is 32. The maximum Gasteiger partial charge on any atom is 0.338 e. The third kappa shape index (κ3) is 18.9. The number of fused-ring (bicyclic) bond motifs is 2. The van der Waals surface area contributed by atoms with Crippen molar-refractivity contribution in [3.8, 4) is 43.9 Å². The first-order valence-electron chi connectivity index (χ1n) is 31.3. The van der Waals surface area contributed by atoms with Gasteiger partial charge in [0, 0.05) is 32.7 Å². The van der Waals surface area contributed by atoms with Crippen LogP contribution in [0.15, 0.2) is 135 Å². The third-order valence-corrected chi connectivity index (χ3v) is 18.6. The SMILES string of the molecule is C=CC(=O)OCCCCCCCCOc1ccc(C(=O)OC2CCC(C(=O)Oc3c4cc(-c5ccc(F)cc5)sc4c(OC(=O)C4CCC(OC(=O)c5ccc(OCCCCCCCCOC(=O)C=C)cc5)CC4)c4cc(-c5ccc(F)cc5)sc34)CC2)cc1. The summed E-state index contributed by atoms with van der Waals surface area (Å²) in [6.07, 6.45) is 16.5. The average molecular weight is 1270 g/mol. The molecule has 7 aromatic rings. The molecule has 14 nitrogen and oxygen atoms in total. The molecule has 9 rings (SSSR count). The highest BCUT2D eigenvalue weighted by molar-refractivity contribution is 7.24. The van der Waals surface area contributed by atoms with Crippen LogP contribution in [0.1, 0.15) is 149 Å². The summed E-state index contributed by atoms with van der Waals surface area (Å²) < 4.78 is 76.4. The van der Waals surface area contributed by atoms with E-state index in [4.69, 9.17) is 37.9 Å². The molecule has 0 radical (unpaired) electrons. The molecule has 2 aromatic heterocycles. The Labute approximate surface area is 531 Å². The predicted molar refractivity (Wildman–Crippen MR) is 343 cm³/mol. The summed E-state index contributed by atoms with van der Waals surface area (Å²) in [5, 5.41) is 1.04. The molecule has 0 atom stereocenters. The van der Waals surface area contributed by atoms with E-state index in [2.05, 4.69) is 13.2 Å². The Balaban J connectivity index is 0.805. The van der Waals surface area contributed by atoms with E-state index >= 15 is 0 Å². The normalized spacial score (nSPS) is 16.4. The van der Waals surface area contributed by atoms with E-state index in [1.165, 1.54) is 59.1 Å². The Hall–Kier alpha value is -8.22. The second-order valence-corrected chi connectivity index (χ2v) is 24.8. The molecular formula is C72H76F2O14S2. The molecule has 2 heterocycles. The first-order valence-corrected chi connectivity index (χ1v) is 32.9. The first kappa shape index (κ1) is 66.2. The molecule has 0 saturated heterocycles. The van der Waals surface area contributed by atoms with Crippen molar-refractivity contribution in [3.63, 3.8) is 0 Å². The minimum absolute atomic E-state index is 0.275. The molecule has 5 aromatic carbocycles. The molecule has 0 unspecified atom stereocenters. The number of carbonyl (C=O) groups is 6. The van der Waals surface area contributed by atoms with Crippen LogP contribution >= 0.6 is 22.7 Å². The number of thiophene rings is 2. The Morgan fingerprint density at radius 2 is 0.767 bits per heavy atom. The van der Waals surface area contributed by atoms with Gasteiger partial charge < -0.3 is 37.9 Å². The Morgan fingerprint density at radius 3 is 1.11 bits per heavy atom. The van der Waals surface area contributed by atoms with Crippen molar-refractivity contribution < 1.29 is 75.4 Å². The van der Waals surface area contributed by atoms with E-state index in [1.54, 1.807) is 72.8 Å². The molecule has 0 amide bonds. The highest BCUT2D eigenvalue weighted by Gasteiger charge is 2.35. The smallest absolute Gasteiger partial charge is 0.338 e. The number of hydrogen-bond donors (Lipinski definition) is 0. The topological polar surface area (TPSA) is 176 Å². The van der Waals surface area contributed by atoms with Crippen LogP contribution in [0, 0.1) is 23.5 Å². The van der Waals surface area contributed by atoms with Crippen LogP contribution in [-0.4, -0.2) is 74.5 Å². The van der Waals surface area contributed by atoms with Gasteiger partial charge in [0.15, 0.2) is 11.5 Å². The molecule has 2 aliphatic rings. The van der Waals surface area contributed by atoms with Gasteiger partial charge in [0.05, 0.1) is 58.8 Å². The highest BCUT2D eigenvalue weighted by atomic mass is 32.1. The maximum absolute atomic E-state index is 14.5. The molecular weight excluding hydrogens is 1190 g/mol. The van der Waals surface area contributed by atoms with E-state index < -0.39 is 71.5 Å². The minimum atomic E-state index is -0.521. The van der Waals surface area contributed by atoms with Crippen LogP contribution < -0.4 is 18.9 Å². The van der Waals surface area contributed by atoms with Gasteiger partial charge in [-0.2, -0.15) is 0 Å². The number of unbranched alkanes of at least 4 members (excludes halogenated alkanes) is 10. The average Bonchev–Trinajstić information content (AvgIpc) is 1.59. The lowest BCUT2D eigenvalue weighted by atomic mass is 9.87. The molecule has 18 heteroatoms. The van der Waals surface area contributed by atoms with Gasteiger partial charge in [-0.3, -0.25) is 9.59 Å².